The molecule has 1 aliphatic rings. The summed E-state index contributed by atoms with van der Waals surface area (Å²) in [6, 6.07) is 6.92. The first-order chi connectivity index (χ1) is 13.9. The number of nitrogens with one attached hydrogen (secondary N) is 1. The largest absolute Gasteiger partial charge is 0.488 e. The zero-order chi connectivity index (χ0) is 21.0. The molecule has 0 amide bonds. The molecule has 0 unspecified atom stereocenters. The van der Waals surface area contributed by atoms with E-state index in [2.05, 4.69) is 9.97 Å². The number of β-amino-alcohol motifs (C(OH)–C–C–N with tert-alkyl or cyclic N) is 1. The van der Waals surface area contributed by atoms with Crippen LogP contribution >= 0.6 is 0 Å². The zero-order valence-corrected chi connectivity index (χ0v) is 16.8. The molecule has 9 nitrogen and oxygen atoms in total. The molecule has 1 fully saturated rings. The minimum atomic E-state index is -0.587. The Morgan fingerprint density at radius 3 is 2.79 bits per heavy atom. The van der Waals surface area contributed by atoms with Crippen LogP contribution in [0.1, 0.15) is 18.2 Å². The molecular weight excluding hydrogens is 374 g/mol. The molecular formula is C20H27N5O4. The van der Waals surface area contributed by atoms with Gasteiger partial charge in [0.15, 0.2) is 0 Å². The van der Waals surface area contributed by atoms with Crippen LogP contribution in [0.5, 0.6) is 5.75 Å². The van der Waals surface area contributed by atoms with Gasteiger partial charge in [0.1, 0.15) is 30.1 Å². The summed E-state index contributed by atoms with van der Waals surface area (Å²) in [6.07, 6.45) is 0.414. The van der Waals surface area contributed by atoms with Crippen LogP contribution in [-0.4, -0.2) is 73.0 Å². The van der Waals surface area contributed by atoms with Gasteiger partial charge in [-0.2, -0.15) is 0 Å². The maximum absolute atomic E-state index is 10.1. The average Bonchev–Trinajstić information content (AvgIpc) is 3.10. The van der Waals surface area contributed by atoms with Crippen molar-refractivity contribution in [3.63, 3.8) is 0 Å². The molecule has 0 saturated carbocycles. The number of nitrogens with zero attached hydrogens (tertiary/aromatic N) is 3. The maximum Gasteiger partial charge on any atom is 0.132 e. The van der Waals surface area contributed by atoms with Gasteiger partial charge in [0.2, 0.25) is 0 Å². The van der Waals surface area contributed by atoms with Crippen LogP contribution in [0.15, 0.2) is 30.6 Å². The van der Waals surface area contributed by atoms with Crippen LogP contribution in [-0.2, 0) is 9.47 Å². The van der Waals surface area contributed by atoms with Crippen molar-refractivity contribution >= 4 is 17.2 Å². The monoisotopic (exact) mass is 401 g/mol. The van der Waals surface area contributed by atoms with E-state index in [0.29, 0.717) is 48.2 Å². The summed E-state index contributed by atoms with van der Waals surface area (Å²) < 4.78 is 16.2. The molecule has 9 heteroatoms. The molecule has 0 bridgehead atoms. The number of aliphatic hydroxyl groups is 1. The molecule has 29 heavy (non-hydrogen) atoms. The number of ether oxygens (including phenoxy) is 3. The van der Waals surface area contributed by atoms with Crippen molar-refractivity contribution in [3.8, 4) is 5.75 Å². The third kappa shape index (κ3) is 4.81. The molecule has 1 saturated heterocycles. The van der Waals surface area contributed by atoms with E-state index in [1.807, 2.05) is 11.8 Å². The second kappa shape index (κ2) is 9.17. The fourth-order valence-electron chi connectivity index (χ4n) is 3.30. The molecule has 156 valence electrons. The van der Waals surface area contributed by atoms with Crippen molar-refractivity contribution in [2.75, 3.05) is 44.5 Å². The zero-order valence-electron chi connectivity index (χ0n) is 16.8. The summed E-state index contributed by atoms with van der Waals surface area (Å²) in [5.74, 6) is 1.22. The van der Waals surface area contributed by atoms with Crippen molar-refractivity contribution in [2.24, 2.45) is 0 Å². The van der Waals surface area contributed by atoms with Crippen molar-refractivity contribution in [1.29, 1.82) is 5.41 Å². The number of rotatable bonds is 8. The van der Waals surface area contributed by atoms with E-state index in [1.165, 1.54) is 6.33 Å². The molecule has 0 spiro atoms. The third-order valence-electron chi connectivity index (χ3n) is 4.81. The fourth-order valence-corrected chi connectivity index (χ4v) is 3.30. The quantitative estimate of drug-likeness (QED) is 0.443. The molecule has 1 aromatic heterocycles. The van der Waals surface area contributed by atoms with E-state index in [4.69, 9.17) is 25.4 Å². The van der Waals surface area contributed by atoms with Crippen molar-refractivity contribution in [1.82, 2.24) is 9.97 Å². The normalized spacial score (nSPS) is 19.9. The van der Waals surface area contributed by atoms with E-state index in [-0.39, 0.29) is 17.9 Å². The number of hydrogen-bond donors (Lipinski definition) is 3. The van der Waals surface area contributed by atoms with Gasteiger partial charge in [-0.1, -0.05) is 0 Å². The van der Waals surface area contributed by atoms with Gasteiger partial charge >= 0.3 is 0 Å². The summed E-state index contributed by atoms with van der Waals surface area (Å²) in [5, 5.41) is 18.7. The minimum absolute atomic E-state index is 0.133. The lowest BCUT2D eigenvalue weighted by Gasteiger charge is -2.18. The highest BCUT2D eigenvalue weighted by molar-refractivity contribution is 6.13. The van der Waals surface area contributed by atoms with Gasteiger partial charge in [-0.25, -0.2) is 9.97 Å². The summed E-state index contributed by atoms with van der Waals surface area (Å²) in [7, 11) is 3.19. The summed E-state index contributed by atoms with van der Waals surface area (Å²) in [6.45, 7) is 3.28. The Morgan fingerprint density at radius 2 is 2.10 bits per heavy atom. The van der Waals surface area contributed by atoms with E-state index in [0.717, 1.165) is 0 Å². The Morgan fingerprint density at radius 1 is 1.31 bits per heavy atom. The SMILES string of the molecule is COC[C@H](C)Oc1ccc(N)c(C(=N)c2cc(N3C[C@H](OC)[C@@H](O)C3)ncn2)c1. The Kier molecular flexibility index (Phi) is 6.63. The number of hydrogen-bond acceptors (Lipinski definition) is 9. The van der Waals surface area contributed by atoms with E-state index in [9.17, 15) is 5.11 Å². The number of benzene rings is 1. The average molecular weight is 401 g/mol. The van der Waals surface area contributed by atoms with Gasteiger partial charge in [0.25, 0.3) is 0 Å². The lowest BCUT2D eigenvalue weighted by molar-refractivity contribution is 0.0217. The first kappa shape index (κ1) is 21.0. The van der Waals surface area contributed by atoms with E-state index < -0.39 is 6.10 Å². The smallest absolute Gasteiger partial charge is 0.132 e. The first-order valence-corrected chi connectivity index (χ1v) is 9.35. The molecule has 4 N–H and O–H groups in total. The van der Waals surface area contributed by atoms with Gasteiger partial charge in [-0.3, -0.25) is 5.41 Å². The highest BCUT2D eigenvalue weighted by atomic mass is 16.5. The van der Waals surface area contributed by atoms with E-state index >= 15 is 0 Å². The minimum Gasteiger partial charge on any atom is -0.488 e. The van der Waals surface area contributed by atoms with Gasteiger partial charge in [0, 0.05) is 44.6 Å². The Bertz CT molecular complexity index is 863. The van der Waals surface area contributed by atoms with Crippen LogP contribution in [0.4, 0.5) is 11.5 Å². The van der Waals surface area contributed by atoms with Gasteiger partial charge in [-0.15, -0.1) is 0 Å². The number of anilines is 2. The maximum atomic E-state index is 10.1. The van der Waals surface area contributed by atoms with Crippen molar-refractivity contribution < 1.29 is 19.3 Å². The molecule has 2 heterocycles. The second-order valence-corrected chi connectivity index (χ2v) is 7.02. The highest BCUT2D eigenvalue weighted by Crippen LogP contribution is 2.25. The van der Waals surface area contributed by atoms with Crippen LogP contribution in [0.2, 0.25) is 0 Å². The lowest BCUT2D eigenvalue weighted by atomic mass is 10.0. The van der Waals surface area contributed by atoms with Gasteiger partial charge in [-0.05, 0) is 25.1 Å². The number of nitrogens with two attached hydrogens (primary N) is 1. The van der Waals surface area contributed by atoms with Gasteiger partial charge in [0.05, 0.1) is 24.1 Å². The Hall–Kier alpha value is -2.75. The van der Waals surface area contributed by atoms with Crippen LogP contribution < -0.4 is 15.4 Å². The molecule has 1 aliphatic heterocycles. The predicted octanol–water partition coefficient (Wildman–Crippen LogP) is 1.08. The summed E-state index contributed by atoms with van der Waals surface area (Å²) in [5.41, 5.74) is 7.68. The predicted molar refractivity (Wildman–Crippen MR) is 110 cm³/mol. The van der Waals surface area contributed by atoms with Crippen molar-refractivity contribution in [2.45, 2.75) is 25.2 Å². The molecule has 0 radical (unpaired) electrons. The second-order valence-electron chi connectivity index (χ2n) is 7.02. The lowest BCUT2D eigenvalue weighted by Crippen LogP contribution is -2.25. The van der Waals surface area contributed by atoms with Gasteiger partial charge < -0.3 is 30.0 Å². The van der Waals surface area contributed by atoms with Crippen LogP contribution in [0.3, 0.4) is 0 Å². The molecule has 3 atom stereocenters. The van der Waals surface area contributed by atoms with Crippen molar-refractivity contribution in [3.05, 3.63) is 41.9 Å². The summed E-state index contributed by atoms with van der Waals surface area (Å²) in [4.78, 5) is 10.4. The number of aromatic nitrogens is 2. The molecule has 1 aromatic carbocycles. The third-order valence-corrected chi connectivity index (χ3v) is 4.81. The van der Waals surface area contributed by atoms with Crippen LogP contribution in [0.25, 0.3) is 0 Å². The Labute approximate surface area is 169 Å². The fraction of sp³-hybridized carbons (Fsp3) is 0.450. The topological polar surface area (TPSA) is 127 Å². The van der Waals surface area contributed by atoms with E-state index in [1.54, 1.807) is 38.5 Å². The number of nitrogen functional groups attached to an aromatic ring is 1. The Balaban J connectivity index is 1.82. The number of methoxy groups -OCH3 is 2. The molecule has 0 aliphatic carbocycles. The molecule has 2 aromatic rings. The number of aliphatic hydroxyl groups excluding tert-OH is 1. The molecule has 3 rings (SSSR count). The summed E-state index contributed by atoms with van der Waals surface area (Å²) >= 11 is 0. The standard InChI is InChI=1S/C20H27N5O4/c1-12(10-27-2)29-13-4-5-15(21)14(6-13)20(22)16-7-19(24-11-23-16)25-8-17(26)18(9-25)28-3/h4-7,11-12,17-18,22,26H,8-10,21H2,1-3H3/t12-,17-,18-/m0/s1. The highest BCUT2D eigenvalue weighted by Gasteiger charge is 2.32. The van der Waals surface area contributed by atoms with Crippen LogP contribution in [0, 0.1) is 5.41 Å². The first-order valence-electron chi connectivity index (χ1n) is 9.35.